The summed E-state index contributed by atoms with van der Waals surface area (Å²) in [7, 11) is 1.59. The number of carbonyl (C=O) groups excluding carboxylic acids is 1. The van der Waals surface area contributed by atoms with Crippen LogP contribution < -0.4 is 5.32 Å². The fraction of sp³-hybridized carbons (Fsp3) is 0.857. The lowest BCUT2D eigenvalue weighted by molar-refractivity contribution is -0.142. The molecule has 21 heavy (non-hydrogen) atoms. The van der Waals surface area contributed by atoms with Gasteiger partial charge in [0.15, 0.2) is 0 Å². The predicted octanol–water partition coefficient (Wildman–Crippen LogP) is 0.933. The topological polar surface area (TPSA) is 88.1 Å². The zero-order valence-corrected chi connectivity index (χ0v) is 13.0. The number of rotatable bonds is 8. The number of methoxy groups -OCH3 is 1. The Bertz CT molecular complexity index is 346. The maximum atomic E-state index is 12.4. The van der Waals surface area contributed by atoms with Crippen molar-refractivity contribution in [2.24, 2.45) is 5.92 Å². The number of carbonyl (C=O) groups is 2. The van der Waals surface area contributed by atoms with E-state index < -0.39 is 17.9 Å². The van der Waals surface area contributed by atoms with Crippen molar-refractivity contribution in [1.82, 2.24) is 10.2 Å². The molecule has 0 saturated carbocycles. The molecule has 0 radical (unpaired) electrons. The lowest BCUT2D eigenvalue weighted by Gasteiger charge is -2.32. The molecular weight excluding hydrogens is 276 g/mol. The van der Waals surface area contributed by atoms with Crippen molar-refractivity contribution in [3.05, 3.63) is 0 Å². The van der Waals surface area contributed by atoms with Gasteiger partial charge in [0.1, 0.15) is 5.92 Å². The number of amides is 2. The number of hydrogen-bond acceptors (Lipinski definition) is 4. The molecule has 0 aromatic carbocycles. The largest absolute Gasteiger partial charge is 0.481 e. The van der Waals surface area contributed by atoms with Crippen molar-refractivity contribution in [3.63, 3.8) is 0 Å². The van der Waals surface area contributed by atoms with Gasteiger partial charge in [0, 0.05) is 19.7 Å². The second kappa shape index (κ2) is 8.84. The smallest absolute Gasteiger partial charge is 0.318 e. The Morgan fingerprint density at radius 3 is 2.57 bits per heavy atom. The monoisotopic (exact) mass is 302 g/mol. The summed E-state index contributed by atoms with van der Waals surface area (Å²) < 4.78 is 10.2. The Kier molecular flexibility index (Phi) is 7.45. The number of aliphatic carboxylic acids is 1. The minimum absolute atomic E-state index is 0.116. The molecule has 7 nitrogen and oxygen atoms in total. The standard InChI is InChI=1S/C14H26N2O5/c1-4-10(5-2)16(6-7-20-3)14(19)15-12-9-21-8-11(12)13(17)18/h10-12H,4-9H2,1-3H3,(H,15,19)(H,17,18). The van der Waals surface area contributed by atoms with Gasteiger partial charge in [-0.3, -0.25) is 4.79 Å². The fourth-order valence-electron chi connectivity index (χ4n) is 2.55. The number of carboxylic acids is 1. The second-order valence-corrected chi connectivity index (χ2v) is 5.19. The molecule has 2 atom stereocenters. The molecule has 0 aliphatic carbocycles. The quantitative estimate of drug-likeness (QED) is 0.696. The molecule has 2 amide bonds. The van der Waals surface area contributed by atoms with E-state index in [2.05, 4.69) is 5.32 Å². The van der Waals surface area contributed by atoms with E-state index in [0.717, 1.165) is 12.8 Å². The molecule has 0 spiro atoms. The van der Waals surface area contributed by atoms with Gasteiger partial charge in [0.25, 0.3) is 0 Å². The Morgan fingerprint density at radius 2 is 2.05 bits per heavy atom. The van der Waals surface area contributed by atoms with Crippen LogP contribution in [0.1, 0.15) is 26.7 Å². The Balaban J connectivity index is 2.68. The zero-order valence-electron chi connectivity index (χ0n) is 13.0. The summed E-state index contributed by atoms with van der Waals surface area (Å²) in [5.74, 6) is -1.62. The summed E-state index contributed by atoms with van der Waals surface area (Å²) in [5.41, 5.74) is 0. The van der Waals surface area contributed by atoms with E-state index in [9.17, 15) is 9.59 Å². The summed E-state index contributed by atoms with van der Waals surface area (Å²) in [4.78, 5) is 25.3. The summed E-state index contributed by atoms with van der Waals surface area (Å²) in [5, 5.41) is 11.9. The van der Waals surface area contributed by atoms with E-state index in [-0.39, 0.29) is 25.3 Å². The van der Waals surface area contributed by atoms with Crippen LogP contribution in [0.15, 0.2) is 0 Å². The average Bonchev–Trinajstić information content (AvgIpc) is 2.91. The first-order valence-corrected chi connectivity index (χ1v) is 7.41. The summed E-state index contributed by atoms with van der Waals surface area (Å²) in [6.07, 6.45) is 1.69. The first-order chi connectivity index (χ1) is 10.0. The van der Waals surface area contributed by atoms with Gasteiger partial charge < -0.3 is 24.8 Å². The maximum absolute atomic E-state index is 12.4. The molecular formula is C14H26N2O5. The molecule has 122 valence electrons. The van der Waals surface area contributed by atoms with Gasteiger partial charge in [-0.1, -0.05) is 13.8 Å². The van der Waals surface area contributed by atoms with Gasteiger partial charge in [-0.25, -0.2) is 4.79 Å². The third-order valence-electron chi connectivity index (χ3n) is 3.89. The van der Waals surface area contributed by atoms with Crippen LogP contribution in [-0.4, -0.2) is 67.6 Å². The van der Waals surface area contributed by atoms with E-state index in [1.165, 1.54) is 0 Å². The van der Waals surface area contributed by atoms with Crippen molar-refractivity contribution in [2.75, 3.05) is 33.5 Å². The van der Waals surface area contributed by atoms with Crippen LogP contribution in [0.2, 0.25) is 0 Å². The van der Waals surface area contributed by atoms with E-state index in [1.807, 2.05) is 13.8 Å². The van der Waals surface area contributed by atoms with Gasteiger partial charge in [-0.2, -0.15) is 0 Å². The van der Waals surface area contributed by atoms with Crippen LogP contribution >= 0.6 is 0 Å². The van der Waals surface area contributed by atoms with E-state index >= 15 is 0 Å². The number of nitrogens with zero attached hydrogens (tertiary/aromatic N) is 1. The molecule has 2 unspecified atom stereocenters. The molecule has 1 aliphatic rings. The van der Waals surface area contributed by atoms with Crippen molar-refractivity contribution >= 4 is 12.0 Å². The fourth-order valence-corrected chi connectivity index (χ4v) is 2.55. The van der Waals surface area contributed by atoms with Gasteiger partial charge in [-0.15, -0.1) is 0 Å². The Morgan fingerprint density at radius 1 is 1.38 bits per heavy atom. The van der Waals surface area contributed by atoms with Crippen LogP contribution in [0.25, 0.3) is 0 Å². The van der Waals surface area contributed by atoms with Crippen LogP contribution in [0.4, 0.5) is 4.79 Å². The molecule has 0 bridgehead atoms. The van der Waals surface area contributed by atoms with Crippen LogP contribution in [0, 0.1) is 5.92 Å². The van der Waals surface area contributed by atoms with Crippen molar-refractivity contribution < 1.29 is 24.2 Å². The number of nitrogens with one attached hydrogen (secondary N) is 1. The molecule has 0 aromatic rings. The van der Waals surface area contributed by atoms with Crippen LogP contribution in [0.5, 0.6) is 0 Å². The SMILES string of the molecule is CCC(CC)N(CCOC)C(=O)NC1COCC1C(=O)O. The number of ether oxygens (including phenoxy) is 2. The average molecular weight is 302 g/mol. The minimum atomic E-state index is -0.941. The molecule has 1 saturated heterocycles. The van der Waals surface area contributed by atoms with Crippen molar-refractivity contribution in [3.8, 4) is 0 Å². The first kappa shape index (κ1) is 17.7. The molecule has 1 fully saturated rings. The van der Waals surface area contributed by atoms with Crippen molar-refractivity contribution in [1.29, 1.82) is 0 Å². The van der Waals surface area contributed by atoms with E-state index in [0.29, 0.717) is 13.2 Å². The van der Waals surface area contributed by atoms with Gasteiger partial charge in [-0.05, 0) is 12.8 Å². The van der Waals surface area contributed by atoms with E-state index in [4.69, 9.17) is 14.6 Å². The minimum Gasteiger partial charge on any atom is -0.481 e. The third kappa shape index (κ3) is 4.86. The van der Waals surface area contributed by atoms with Gasteiger partial charge in [0.05, 0.1) is 25.9 Å². The normalized spacial score (nSPS) is 21.5. The first-order valence-electron chi connectivity index (χ1n) is 7.41. The summed E-state index contributed by atoms with van der Waals surface area (Å²) in [6, 6.07) is -0.609. The lowest BCUT2D eigenvalue weighted by Crippen LogP contribution is -2.52. The molecule has 1 aliphatic heterocycles. The molecule has 2 N–H and O–H groups in total. The molecule has 0 aromatic heterocycles. The Labute approximate surface area is 125 Å². The highest BCUT2D eigenvalue weighted by atomic mass is 16.5. The molecule has 7 heteroatoms. The van der Waals surface area contributed by atoms with Gasteiger partial charge >= 0.3 is 12.0 Å². The number of carboxylic acid groups (broad SMARTS) is 1. The molecule has 1 heterocycles. The summed E-state index contributed by atoms with van der Waals surface area (Å²) >= 11 is 0. The van der Waals surface area contributed by atoms with Crippen LogP contribution in [0.3, 0.4) is 0 Å². The van der Waals surface area contributed by atoms with Crippen LogP contribution in [-0.2, 0) is 14.3 Å². The highest BCUT2D eigenvalue weighted by Crippen LogP contribution is 2.15. The Hall–Kier alpha value is -1.34. The summed E-state index contributed by atoms with van der Waals surface area (Å²) in [6.45, 7) is 5.38. The van der Waals surface area contributed by atoms with E-state index in [1.54, 1.807) is 12.0 Å². The van der Waals surface area contributed by atoms with Gasteiger partial charge in [0.2, 0.25) is 0 Å². The predicted molar refractivity (Wildman–Crippen MR) is 77.2 cm³/mol. The zero-order chi connectivity index (χ0) is 15.8. The maximum Gasteiger partial charge on any atom is 0.318 e. The van der Waals surface area contributed by atoms with Crippen molar-refractivity contribution in [2.45, 2.75) is 38.8 Å². The molecule has 1 rings (SSSR count). The number of urea groups is 1. The highest BCUT2D eigenvalue weighted by molar-refractivity contribution is 5.77. The highest BCUT2D eigenvalue weighted by Gasteiger charge is 2.36. The third-order valence-corrected chi connectivity index (χ3v) is 3.89. The number of hydrogen-bond donors (Lipinski definition) is 2. The lowest BCUT2D eigenvalue weighted by atomic mass is 10.0. The second-order valence-electron chi connectivity index (χ2n) is 5.19.